The third-order valence-electron chi connectivity index (χ3n) is 3.77. The van der Waals surface area contributed by atoms with E-state index in [1.54, 1.807) is 5.57 Å². The molecule has 0 amide bonds. The maximum atomic E-state index is 2.50. The highest BCUT2D eigenvalue weighted by Crippen LogP contribution is 2.48. The lowest BCUT2D eigenvalue weighted by Gasteiger charge is -2.26. The van der Waals surface area contributed by atoms with Crippen molar-refractivity contribution in [3.05, 3.63) is 22.8 Å². The second-order valence-electron chi connectivity index (χ2n) is 4.41. The van der Waals surface area contributed by atoms with Gasteiger partial charge >= 0.3 is 0 Å². The van der Waals surface area contributed by atoms with Gasteiger partial charge in [-0.15, -0.1) is 0 Å². The molecule has 0 aromatic carbocycles. The van der Waals surface area contributed by atoms with E-state index in [0.29, 0.717) is 0 Å². The Morgan fingerprint density at radius 3 is 3.08 bits per heavy atom. The average molecular weight is 160 g/mol. The second-order valence-corrected chi connectivity index (χ2v) is 4.41. The lowest BCUT2D eigenvalue weighted by Crippen LogP contribution is -2.09. The van der Waals surface area contributed by atoms with E-state index in [1.807, 2.05) is 11.1 Å². The van der Waals surface area contributed by atoms with Crippen molar-refractivity contribution in [2.75, 3.05) is 0 Å². The van der Waals surface area contributed by atoms with Gasteiger partial charge in [0.1, 0.15) is 0 Å². The summed E-state index contributed by atoms with van der Waals surface area (Å²) in [6, 6.07) is 0. The highest BCUT2D eigenvalue weighted by molar-refractivity contribution is 5.44. The molecule has 0 radical (unpaired) electrons. The van der Waals surface area contributed by atoms with Gasteiger partial charge in [0.05, 0.1) is 0 Å². The lowest BCUT2D eigenvalue weighted by atomic mass is 9.79. The van der Waals surface area contributed by atoms with Crippen molar-refractivity contribution in [1.82, 2.24) is 0 Å². The van der Waals surface area contributed by atoms with E-state index in [0.717, 1.165) is 5.92 Å². The van der Waals surface area contributed by atoms with Crippen LogP contribution in [0, 0.1) is 5.92 Å². The number of hydrogen-bond donors (Lipinski definition) is 0. The molecule has 0 aromatic rings. The smallest absolute Gasteiger partial charge is 0.0157 e. The molecule has 3 aliphatic carbocycles. The molecule has 1 saturated carbocycles. The summed E-state index contributed by atoms with van der Waals surface area (Å²) >= 11 is 0. The minimum atomic E-state index is 0.986. The van der Waals surface area contributed by atoms with Gasteiger partial charge < -0.3 is 0 Å². The zero-order chi connectivity index (χ0) is 7.97. The summed E-state index contributed by atoms with van der Waals surface area (Å²) in [5, 5.41) is 0. The fraction of sp³-hybridized carbons (Fsp3) is 0.667. The van der Waals surface area contributed by atoms with E-state index in [2.05, 4.69) is 6.08 Å². The highest BCUT2D eigenvalue weighted by Gasteiger charge is 2.31. The van der Waals surface area contributed by atoms with Crippen LogP contribution in [0.2, 0.25) is 0 Å². The molecule has 0 bridgehead atoms. The summed E-state index contributed by atoms with van der Waals surface area (Å²) in [6.07, 6.45) is 12.4. The van der Waals surface area contributed by atoms with Gasteiger partial charge in [0.25, 0.3) is 0 Å². The standard InChI is InChI=1S/C12H16/c1-3-9-4-2-6-11-8-7-10(5-1)12(9)11/h5,11H,1-4,6-8H2. The molecule has 0 aromatic heterocycles. The molecule has 0 nitrogen and oxygen atoms in total. The predicted octanol–water partition coefficient (Wildman–Crippen LogP) is 3.60. The molecule has 3 aliphatic rings. The Bertz CT molecular complexity index is 268. The summed E-state index contributed by atoms with van der Waals surface area (Å²) < 4.78 is 0. The average Bonchev–Trinajstić information content (AvgIpc) is 2.52. The Labute approximate surface area is 74.4 Å². The van der Waals surface area contributed by atoms with E-state index in [4.69, 9.17) is 0 Å². The van der Waals surface area contributed by atoms with E-state index in [9.17, 15) is 0 Å². The summed E-state index contributed by atoms with van der Waals surface area (Å²) in [5.74, 6) is 0.986. The molecule has 3 rings (SSSR count). The molecule has 12 heavy (non-hydrogen) atoms. The van der Waals surface area contributed by atoms with Gasteiger partial charge in [-0.2, -0.15) is 0 Å². The Hall–Kier alpha value is -0.520. The fourth-order valence-corrected chi connectivity index (χ4v) is 3.26. The first kappa shape index (κ1) is 6.94. The van der Waals surface area contributed by atoms with Crippen molar-refractivity contribution in [3.8, 4) is 0 Å². The SMILES string of the molecule is C1=C2CCC3CCCC(=C23)CC1. The van der Waals surface area contributed by atoms with Crippen LogP contribution in [0.4, 0.5) is 0 Å². The first-order chi connectivity index (χ1) is 5.95. The van der Waals surface area contributed by atoms with Crippen molar-refractivity contribution in [2.24, 2.45) is 5.92 Å². The molecule has 0 saturated heterocycles. The van der Waals surface area contributed by atoms with Crippen LogP contribution in [0.25, 0.3) is 0 Å². The van der Waals surface area contributed by atoms with Crippen molar-refractivity contribution >= 4 is 0 Å². The predicted molar refractivity (Wildman–Crippen MR) is 50.9 cm³/mol. The Balaban J connectivity index is 2.10. The monoisotopic (exact) mass is 160 g/mol. The van der Waals surface area contributed by atoms with E-state index < -0.39 is 0 Å². The molecule has 0 heterocycles. The number of hydrogen-bond acceptors (Lipinski definition) is 0. The first-order valence-electron chi connectivity index (χ1n) is 5.36. The van der Waals surface area contributed by atoms with Crippen molar-refractivity contribution < 1.29 is 0 Å². The van der Waals surface area contributed by atoms with Crippen molar-refractivity contribution in [3.63, 3.8) is 0 Å². The second kappa shape index (κ2) is 2.48. The van der Waals surface area contributed by atoms with Gasteiger partial charge in [-0.1, -0.05) is 11.6 Å². The fourth-order valence-electron chi connectivity index (χ4n) is 3.26. The van der Waals surface area contributed by atoms with Crippen LogP contribution in [0.5, 0.6) is 0 Å². The molecular formula is C12H16. The molecule has 0 spiro atoms. The van der Waals surface area contributed by atoms with E-state index >= 15 is 0 Å². The maximum Gasteiger partial charge on any atom is -0.0157 e. The topological polar surface area (TPSA) is 0 Å². The van der Waals surface area contributed by atoms with Crippen LogP contribution in [-0.2, 0) is 0 Å². The van der Waals surface area contributed by atoms with Gasteiger partial charge in [-0.3, -0.25) is 0 Å². The van der Waals surface area contributed by atoms with Gasteiger partial charge in [-0.25, -0.2) is 0 Å². The molecule has 1 fully saturated rings. The van der Waals surface area contributed by atoms with Crippen LogP contribution >= 0.6 is 0 Å². The minimum Gasteiger partial charge on any atom is -0.0807 e. The molecule has 0 N–H and O–H groups in total. The van der Waals surface area contributed by atoms with Crippen molar-refractivity contribution in [1.29, 1.82) is 0 Å². The molecule has 0 heteroatoms. The molecule has 64 valence electrons. The molecule has 1 unspecified atom stereocenters. The van der Waals surface area contributed by atoms with Gasteiger partial charge in [-0.05, 0) is 62.0 Å². The third-order valence-corrected chi connectivity index (χ3v) is 3.77. The van der Waals surface area contributed by atoms with Gasteiger partial charge in [0, 0.05) is 0 Å². The maximum absolute atomic E-state index is 2.50. The molecule has 1 atom stereocenters. The summed E-state index contributed by atoms with van der Waals surface area (Å²) in [4.78, 5) is 0. The largest absolute Gasteiger partial charge is 0.0807 e. The third kappa shape index (κ3) is 0.840. The molecule has 0 aliphatic heterocycles. The van der Waals surface area contributed by atoms with Crippen LogP contribution < -0.4 is 0 Å². The van der Waals surface area contributed by atoms with Crippen LogP contribution in [-0.4, -0.2) is 0 Å². The Morgan fingerprint density at radius 2 is 2.08 bits per heavy atom. The highest BCUT2D eigenvalue weighted by atomic mass is 14.4. The van der Waals surface area contributed by atoms with Crippen LogP contribution in [0.3, 0.4) is 0 Å². The Morgan fingerprint density at radius 1 is 1.08 bits per heavy atom. The zero-order valence-corrected chi connectivity index (χ0v) is 7.60. The van der Waals surface area contributed by atoms with Crippen molar-refractivity contribution in [2.45, 2.75) is 44.9 Å². The minimum absolute atomic E-state index is 0.986. The Kier molecular flexibility index (Phi) is 1.44. The zero-order valence-electron chi connectivity index (χ0n) is 7.60. The summed E-state index contributed by atoms with van der Waals surface area (Å²) in [7, 11) is 0. The van der Waals surface area contributed by atoms with Crippen LogP contribution in [0.1, 0.15) is 44.9 Å². The van der Waals surface area contributed by atoms with Crippen LogP contribution in [0.15, 0.2) is 22.8 Å². The quantitative estimate of drug-likeness (QED) is 0.508. The lowest BCUT2D eigenvalue weighted by molar-refractivity contribution is 0.505. The number of rotatable bonds is 0. The van der Waals surface area contributed by atoms with Gasteiger partial charge in [0.2, 0.25) is 0 Å². The number of allylic oxidation sites excluding steroid dienone is 4. The first-order valence-corrected chi connectivity index (χ1v) is 5.36. The van der Waals surface area contributed by atoms with Gasteiger partial charge in [0.15, 0.2) is 0 Å². The van der Waals surface area contributed by atoms with E-state index in [1.165, 1.54) is 44.9 Å². The summed E-state index contributed by atoms with van der Waals surface area (Å²) in [6.45, 7) is 0. The van der Waals surface area contributed by atoms with E-state index in [-0.39, 0.29) is 0 Å². The summed E-state index contributed by atoms with van der Waals surface area (Å²) in [5.41, 5.74) is 5.40. The molecular weight excluding hydrogens is 144 g/mol. The normalized spacial score (nSPS) is 33.3.